The summed E-state index contributed by atoms with van der Waals surface area (Å²) >= 11 is 0. The molecule has 0 spiro atoms. The third kappa shape index (κ3) is 2.63. The highest BCUT2D eigenvalue weighted by Crippen LogP contribution is 2.50. The summed E-state index contributed by atoms with van der Waals surface area (Å²) in [6, 6.07) is 19.1. The van der Waals surface area contributed by atoms with E-state index in [0.717, 1.165) is 33.4 Å². The van der Waals surface area contributed by atoms with Crippen LogP contribution in [0.15, 0.2) is 65.6 Å². The standard InChI is InChI=1S/C23H22O3S/c1-15-9-11-19(13-17(15)3)23(20-12-10-16(2)18(4)14-20)21-7-5-6-8-22(21)27(24,25)26-23/h5-14H,1-4H3. The summed E-state index contributed by atoms with van der Waals surface area (Å²) in [7, 11) is -3.86. The minimum absolute atomic E-state index is 0.237. The van der Waals surface area contributed by atoms with E-state index in [1.165, 1.54) is 0 Å². The fourth-order valence-electron chi connectivity index (χ4n) is 3.72. The van der Waals surface area contributed by atoms with Crippen molar-refractivity contribution in [3.05, 3.63) is 99.6 Å². The zero-order valence-electron chi connectivity index (χ0n) is 15.9. The van der Waals surface area contributed by atoms with Crippen LogP contribution in [0.2, 0.25) is 0 Å². The first-order chi connectivity index (χ1) is 12.8. The fraction of sp³-hybridized carbons (Fsp3) is 0.217. The molecule has 0 fully saturated rings. The molecule has 3 aromatic rings. The first-order valence-corrected chi connectivity index (χ1v) is 10.4. The molecule has 0 saturated carbocycles. The van der Waals surface area contributed by atoms with Gasteiger partial charge in [-0.2, -0.15) is 8.42 Å². The van der Waals surface area contributed by atoms with Crippen LogP contribution in [0.5, 0.6) is 0 Å². The highest BCUT2D eigenvalue weighted by Gasteiger charge is 2.51. The van der Waals surface area contributed by atoms with Crippen molar-refractivity contribution in [2.75, 3.05) is 0 Å². The minimum atomic E-state index is -3.86. The van der Waals surface area contributed by atoms with Gasteiger partial charge in [0.05, 0.1) is 0 Å². The number of rotatable bonds is 2. The SMILES string of the molecule is Cc1ccc(C2(c3ccc(C)c(C)c3)OS(=O)(=O)c3ccccc32)cc1C. The Kier molecular flexibility index (Phi) is 4.02. The molecule has 0 bridgehead atoms. The maximum atomic E-state index is 12.9. The molecule has 0 aliphatic carbocycles. The molecular weight excluding hydrogens is 356 g/mol. The van der Waals surface area contributed by atoms with Crippen LogP contribution in [-0.4, -0.2) is 8.42 Å². The van der Waals surface area contributed by atoms with Crippen molar-refractivity contribution in [2.24, 2.45) is 0 Å². The zero-order valence-corrected chi connectivity index (χ0v) is 16.7. The van der Waals surface area contributed by atoms with E-state index in [2.05, 4.69) is 0 Å². The van der Waals surface area contributed by atoms with Crippen LogP contribution in [0.25, 0.3) is 0 Å². The largest absolute Gasteiger partial charge is 0.298 e. The van der Waals surface area contributed by atoms with Crippen molar-refractivity contribution in [1.82, 2.24) is 0 Å². The summed E-state index contributed by atoms with van der Waals surface area (Å²) in [6.45, 7) is 8.15. The molecule has 138 valence electrons. The molecule has 0 saturated heterocycles. The van der Waals surface area contributed by atoms with Crippen molar-refractivity contribution in [1.29, 1.82) is 0 Å². The quantitative estimate of drug-likeness (QED) is 0.594. The normalized spacial score (nSPS) is 16.9. The van der Waals surface area contributed by atoms with Gasteiger partial charge in [0.1, 0.15) is 4.90 Å². The minimum Gasteiger partial charge on any atom is -0.245 e. The lowest BCUT2D eigenvalue weighted by Crippen LogP contribution is -2.30. The van der Waals surface area contributed by atoms with E-state index in [0.29, 0.717) is 5.56 Å². The molecule has 0 unspecified atom stereocenters. The Balaban J connectivity index is 2.12. The molecule has 4 heteroatoms. The van der Waals surface area contributed by atoms with Gasteiger partial charge >= 0.3 is 0 Å². The van der Waals surface area contributed by atoms with E-state index in [1.807, 2.05) is 76.2 Å². The second-order valence-corrected chi connectivity index (χ2v) is 8.83. The molecule has 0 amide bonds. The molecule has 1 heterocycles. The van der Waals surface area contributed by atoms with E-state index >= 15 is 0 Å². The van der Waals surface area contributed by atoms with Gasteiger partial charge in [-0.25, -0.2) is 4.18 Å². The molecule has 0 N–H and O–H groups in total. The maximum absolute atomic E-state index is 12.9. The molecule has 0 atom stereocenters. The monoisotopic (exact) mass is 378 g/mol. The highest BCUT2D eigenvalue weighted by atomic mass is 32.2. The van der Waals surface area contributed by atoms with Gasteiger partial charge in [0, 0.05) is 5.56 Å². The second-order valence-electron chi connectivity index (χ2n) is 7.31. The summed E-state index contributed by atoms with van der Waals surface area (Å²) in [5.41, 5.74) is 5.64. The van der Waals surface area contributed by atoms with Gasteiger partial charge in [-0.15, -0.1) is 0 Å². The molecule has 3 nitrogen and oxygen atoms in total. The smallest absolute Gasteiger partial charge is 0.245 e. The van der Waals surface area contributed by atoms with Crippen LogP contribution in [0.4, 0.5) is 0 Å². The van der Waals surface area contributed by atoms with Gasteiger partial charge in [0.15, 0.2) is 5.60 Å². The molecule has 1 aliphatic rings. The molecule has 4 rings (SSSR count). The lowest BCUT2D eigenvalue weighted by atomic mass is 9.79. The number of benzene rings is 3. The molecular formula is C23H22O3S. The highest BCUT2D eigenvalue weighted by molar-refractivity contribution is 7.87. The number of hydrogen-bond acceptors (Lipinski definition) is 3. The van der Waals surface area contributed by atoms with Crippen molar-refractivity contribution >= 4 is 10.1 Å². The predicted molar refractivity (Wildman–Crippen MR) is 106 cm³/mol. The van der Waals surface area contributed by atoms with Gasteiger partial charge in [-0.05, 0) is 67.1 Å². The predicted octanol–water partition coefficient (Wildman–Crippen LogP) is 4.93. The lowest BCUT2D eigenvalue weighted by Gasteiger charge is -2.30. The fourth-order valence-corrected chi connectivity index (χ4v) is 5.15. The Hall–Kier alpha value is -2.43. The zero-order chi connectivity index (χ0) is 19.4. The van der Waals surface area contributed by atoms with Crippen LogP contribution in [0.1, 0.15) is 38.9 Å². The van der Waals surface area contributed by atoms with E-state index < -0.39 is 15.7 Å². The molecule has 0 aromatic heterocycles. The summed E-state index contributed by atoms with van der Waals surface area (Å²) in [6.07, 6.45) is 0. The average molecular weight is 378 g/mol. The van der Waals surface area contributed by atoms with Crippen molar-refractivity contribution < 1.29 is 12.6 Å². The van der Waals surface area contributed by atoms with E-state index in [9.17, 15) is 8.42 Å². The second kappa shape index (κ2) is 6.04. The number of hydrogen-bond donors (Lipinski definition) is 0. The average Bonchev–Trinajstić information content (AvgIpc) is 2.89. The summed E-state index contributed by atoms with van der Waals surface area (Å²) in [4.78, 5) is 0.237. The van der Waals surface area contributed by atoms with Crippen LogP contribution < -0.4 is 0 Å². The van der Waals surface area contributed by atoms with Crippen molar-refractivity contribution in [3.8, 4) is 0 Å². The van der Waals surface area contributed by atoms with Gasteiger partial charge in [0.2, 0.25) is 0 Å². The number of fused-ring (bicyclic) bond motifs is 1. The van der Waals surface area contributed by atoms with E-state index in [-0.39, 0.29) is 4.90 Å². The van der Waals surface area contributed by atoms with Crippen molar-refractivity contribution in [3.63, 3.8) is 0 Å². The first-order valence-electron chi connectivity index (χ1n) is 8.96. The van der Waals surface area contributed by atoms with Crippen LogP contribution >= 0.6 is 0 Å². The Morgan fingerprint density at radius 2 is 1.22 bits per heavy atom. The molecule has 1 aliphatic heterocycles. The number of aryl methyl sites for hydroxylation is 4. The van der Waals surface area contributed by atoms with Gasteiger partial charge in [-0.3, -0.25) is 0 Å². The molecule has 3 aromatic carbocycles. The Morgan fingerprint density at radius 1 is 0.704 bits per heavy atom. The lowest BCUT2D eigenvalue weighted by molar-refractivity contribution is 0.180. The summed E-state index contributed by atoms with van der Waals surface area (Å²) in [5, 5.41) is 0. The Bertz CT molecular complexity index is 1110. The Labute approximate surface area is 160 Å². The van der Waals surface area contributed by atoms with E-state index in [1.54, 1.807) is 12.1 Å². The third-order valence-corrected chi connectivity index (χ3v) is 6.96. The topological polar surface area (TPSA) is 43.4 Å². The molecule has 27 heavy (non-hydrogen) atoms. The van der Waals surface area contributed by atoms with Gasteiger partial charge in [0.25, 0.3) is 10.1 Å². The summed E-state index contributed by atoms with van der Waals surface area (Å²) in [5.74, 6) is 0. The third-order valence-electron chi connectivity index (χ3n) is 5.60. The van der Waals surface area contributed by atoms with Crippen molar-refractivity contribution in [2.45, 2.75) is 38.2 Å². The maximum Gasteiger partial charge on any atom is 0.298 e. The van der Waals surface area contributed by atoms with Crippen LogP contribution in [0.3, 0.4) is 0 Å². The van der Waals surface area contributed by atoms with Crippen LogP contribution in [0, 0.1) is 27.7 Å². The summed E-state index contributed by atoms with van der Waals surface area (Å²) < 4.78 is 31.7. The molecule has 0 radical (unpaired) electrons. The van der Waals surface area contributed by atoms with Gasteiger partial charge in [-0.1, -0.05) is 54.6 Å². The Morgan fingerprint density at radius 3 is 1.74 bits per heavy atom. The van der Waals surface area contributed by atoms with E-state index in [4.69, 9.17) is 4.18 Å². The first kappa shape index (κ1) is 18.0. The van der Waals surface area contributed by atoms with Gasteiger partial charge < -0.3 is 0 Å². The van der Waals surface area contributed by atoms with Crippen LogP contribution in [-0.2, 0) is 19.9 Å².